The lowest BCUT2D eigenvalue weighted by atomic mass is 10.1. The van der Waals surface area contributed by atoms with Crippen LogP contribution in [0.4, 0.5) is 5.82 Å². The number of hydrogen-bond donors (Lipinski definition) is 1. The fourth-order valence-electron chi connectivity index (χ4n) is 1.60. The molecule has 0 unspecified atom stereocenters. The smallest absolute Gasteiger partial charge is 0.161 e. The Balaban J connectivity index is 2.30. The van der Waals surface area contributed by atoms with Crippen LogP contribution in [0.2, 0.25) is 0 Å². The number of nitrogens with one attached hydrogen (secondary N) is 1. The fourth-order valence-corrected chi connectivity index (χ4v) is 1.99. The summed E-state index contributed by atoms with van der Waals surface area (Å²) in [5.41, 5.74) is 2.12. The van der Waals surface area contributed by atoms with Gasteiger partial charge in [-0.05, 0) is 21.5 Å². The molecule has 2 rings (SSSR count). The molecule has 1 aromatic heterocycles. The highest BCUT2D eigenvalue weighted by molar-refractivity contribution is 9.10. The van der Waals surface area contributed by atoms with Gasteiger partial charge < -0.3 is 10.1 Å². The number of benzene rings is 1. The molecule has 0 aliphatic rings. The van der Waals surface area contributed by atoms with Crippen molar-refractivity contribution >= 4 is 21.7 Å². The minimum atomic E-state index is 0.614. The predicted octanol–water partition coefficient (Wildman–Crippen LogP) is 3.09. The summed E-state index contributed by atoms with van der Waals surface area (Å²) in [5, 5.41) is 3.02. The van der Waals surface area contributed by atoms with Crippen molar-refractivity contribution in [1.29, 1.82) is 0 Å². The normalized spacial score (nSPS) is 10.4. The highest BCUT2D eigenvalue weighted by Gasteiger charge is 2.05. The van der Waals surface area contributed by atoms with Crippen molar-refractivity contribution in [1.82, 2.24) is 9.97 Å². The Morgan fingerprint density at radius 3 is 2.61 bits per heavy atom. The Morgan fingerprint density at radius 1 is 1.28 bits per heavy atom. The van der Waals surface area contributed by atoms with Gasteiger partial charge in [-0.1, -0.05) is 24.3 Å². The zero-order chi connectivity index (χ0) is 13.0. The molecule has 0 aliphatic heterocycles. The Labute approximate surface area is 115 Å². The second-order valence-corrected chi connectivity index (χ2v) is 4.62. The minimum absolute atomic E-state index is 0.614. The standard InChI is InChI=1S/C13H14BrN3O/c1-15-13-11(14)7-16-12(17-13)10-5-3-9(4-6-10)8-18-2/h3-7H,8H2,1-2H3,(H,15,16,17). The average molecular weight is 308 g/mol. The molecule has 0 aliphatic carbocycles. The van der Waals surface area contributed by atoms with Gasteiger partial charge in [-0.15, -0.1) is 0 Å². The van der Waals surface area contributed by atoms with Crippen LogP contribution in [-0.4, -0.2) is 24.1 Å². The Hall–Kier alpha value is -1.46. The van der Waals surface area contributed by atoms with Gasteiger partial charge in [0, 0.05) is 25.9 Å². The molecule has 0 saturated heterocycles. The van der Waals surface area contributed by atoms with E-state index >= 15 is 0 Å². The van der Waals surface area contributed by atoms with Crippen LogP contribution < -0.4 is 5.32 Å². The zero-order valence-electron chi connectivity index (χ0n) is 10.3. The Bertz CT molecular complexity index is 528. The predicted molar refractivity (Wildman–Crippen MR) is 75.4 cm³/mol. The lowest BCUT2D eigenvalue weighted by Gasteiger charge is -2.06. The number of ether oxygens (including phenoxy) is 1. The summed E-state index contributed by atoms with van der Waals surface area (Å²) < 4.78 is 5.93. The van der Waals surface area contributed by atoms with E-state index in [0.717, 1.165) is 21.4 Å². The first-order valence-electron chi connectivity index (χ1n) is 5.53. The van der Waals surface area contributed by atoms with E-state index < -0.39 is 0 Å². The third-order valence-corrected chi connectivity index (χ3v) is 3.08. The molecule has 0 radical (unpaired) electrons. The quantitative estimate of drug-likeness (QED) is 0.943. The first-order valence-corrected chi connectivity index (χ1v) is 6.32. The number of nitrogens with zero attached hydrogens (tertiary/aromatic N) is 2. The van der Waals surface area contributed by atoms with Crippen molar-refractivity contribution in [3.05, 3.63) is 40.5 Å². The second-order valence-electron chi connectivity index (χ2n) is 3.77. The van der Waals surface area contributed by atoms with E-state index in [0.29, 0.717) is 12.4 Å². The number of rotatable bonds is 4. The van der Waals surface area contributed by atoms with Gasteiger partial charge in [-0.25, -0.2) is 9.97 Å². The maximum absolute atomic E-state index is 5.08. The molecule has 1 N–H and O–H groups in total. The number of methoxy groups -OCH3 is 1. The van der Waals surface area contributed by atoms with E-state index in [1.54, 1.807) is 13.3 Å². The van der Waals surface area contributed by atoms with Gasteiger partial charge in [-0.3, -0.25) is 0 Å². The lowest BCUT2D eigenvalue weighted by Crippen LogP contribution is -1.97. The second kappa shape index (κ2) is 5.93. The molecule has 0 bridgehead atoms. The molecule has 0 fully saturated rings. The molecule has 0 atom stereocenters. The van der Waals surface area contributed by atoms with Crippen molar-refractivity contribution < 1.29 is 4.74 Å². The van der Waals surface area contributed by atoms with Crippen LogP contribution in [0.1, 0.15) is 5.56 Å². The third-order valence-electron chi connectivity index (χ3n) is 2.50. The molecule has 0 spiro atoms. The van der Waals surface area contributed by atoms with Crippen LogP contribution in [0.15, 0.2) is 34.9 Å². The molecule has 1 heterocycles. The van der Waals surface area contributed by atoms with Gasteiger partial charge in [0.15, 0.2) is 5.82 Å². The summed E-state index contributed by atoms with van der Waals surface area (Å²) in [5.74, 6) is 1.48. The molecular formula is C13H14BrN3O. The van der Waals surface area contributed by atoms with Gasteiger partial charge in [0.25, 0.3) is 0 Å². The van der Waals surface area contributed by atoms with Gasteiger partial charge >= 0.3 is 0 Å². The monoisotopic (exact) mass is 307 g/mol. The van der Waals surface area contributed by atoms with Crippen LogP contribution in [0, 0.1) is 0 Å². The topological polar surface area (TPSA) is 47.0 Å². The van der Waals surface area contributed by atoms with E-state index in [1.165, 1.54) is 0 Å². The molecule has 94 valence electrons. The van der Waals surface area contributed by atoms with Crippen LogP contribution in [0.5, 0.6) is 0 Å². The maximum Gasteiger partial charge on any atom is 0.161 e. The van der Waals surface area contributed by atoms with Crippen LogP contribution in [-0.2, 0) is 11.3 Å². The van der Waals surface area contributed by atoms with Gasteiger partial charge in [0.1, 0.15) is 5.82 Å². The highest BCUT2D eigenvalue weighted by atomic mass is 79.9. The molecule has 1 aromatic carbocycles. The first kappa shape index (κ1) is 13.0. The molecule has 2 aromatic rings. The van der Waals surface area contributed by atoms with E-state index in [9.17, 15) is 0 Å². The van der Waals surface area contributed by atoms with E-state index in [1.807, 2.05) is 31.3 Å². The molecule has 18 heavy (non-hydrogen) atoms. The average Bonchev–Trinajstić information content (AvgIpc) is 2.41. The van der Waals surface area contributed by atoms with Crippen molar-refractivity contribution in [3.8, 4) is 11.4 Å². The summed E-state index contributed by atoms with van der Waals surface area (Å²) >= 11 is 3.39. The summed E-state index contributed by atoms with van der Waals surface area (Å²) in [6, 6.07) is 8.03. The molecule has 5 heteroatoms. The third kappa shape index (κ3) is 2.86. The fraction of sp³-hybridized carbons (Fsp3) is 0.231. The molecule has 4 nitrogen and oxygen atoms in total. The molecular weight excluding hydrogens is 294 g/mol. The van der Waals surface area contributed by atoms with Crippen molar-refractivity contribution in [2.45, 2.75) is 6.61 Å². The summed E-state index contributed by atoms with van der Waals surface area (Å²) in [6.07, 6.45) is 1.75. The summed E-state index contributed by atoms with van der Waals surface area (Å²) in [7, 11) is 3.52. The number of aromatic nitrogens is 2. The van der Waals surface area contributed by atoms with Gasteiger partial charge in [0.2, 0.25) is 0 Å². The molecule has 0 saturated carbocycles. The van der Waals surface area contributed by atoms with Gasteiger partial charge in [0.05, 0.1) is 11.1 Å². The Kier molecular flexibility index (Phi) is 4.28. The zero-order valence-corrected chi connectivity index (χ0v) is 11.9. The van der Waals surface area contributed by atoms with Gasteiger partial charge in [-0.2, -0.15) is 0 Å². The number of anilines is 1. The van der Waals surface area contributed by atoms with E-state index in [2.05, 4.69) is 31.2 Å². The van der Waals surface area contributed by atoms with Crippen molar-refractivity contribution in [3.63, 3.8) is 0 Å². The molecule has 0 amide bonds. The number of hydrogen-bond acceptors (Lipinski definition) is 4. The Morgan fingerprint density at radius 2 is 2.00 bits per heavy atom. The van der Waals surface area contributed by atoms with Crippen molar-refractivity contribution in [2.24, 2.45) is 0 Å². The largest absolute Gasteiger partial charge is 0.380 e. The highest BCUT2D eigenvalue weighted by Crippen LogP contribution is 2.23. The lowest BCUT2D eigenvalue weighted by molar-refractivity contribution is 0.185. The minimum Gasteiger partial charge on any atom is -0.380 e. The maximum atomic E-state index is 5.08. The van der Waals surface area contributed by atoms with Crippen molar-refractivity contribution in [2.75, 3.05) is 19.5 Å². The van der Waals surface area contributed by atoms with Crippen LogP contribution in [0.25, 0.3) is 11.4 Å². The van der Waals surface area contributed by atoms with E-state index in [4.69, 9.17) is 4.74 Å². The summed E-state index contributed by atoms with van der Waals surface area (Å²) in [4.78, 5) is 8.74. The first-order chi connectivity index (χ1) is 8.74. The van der Waals surface area contributed by atoms with Crippen LogP contribution >= 0.6 is 15.9 Å². The summed E-state index contributed by atoms with van der Waals surface area (Å²) in [6.45, 7) is 0.614. The number of halogens is 1. The van der Waals surface area contributed by atoms with Crippen LogP contribution in [0.3, 0.4) is 0 Å². The SMILES string of the molecule is CNc1nc(-c2ccc(COC)cc2)ncc1Br. The van der Waals surface area contributed by atoms with E-state index in [-0.39, 0.29) is 0 Å².